The second kappa shape index (κ2) is 9.41. The molecule has 1 aromatic rings. The van der Waals surface area contributed by atoms with Gasteiger partial charge in [-0.3, -0.25) is 28.9 Å². The predicted molar refractivity (Wildman–Crippen MR) is 133 cm³/mol. The number of allylic oxidation sites excluding steroid dienone is 6. The first-order valence-corrected chi connectivity index (χ1v) is 12.9. The molecule has 1 fully saturated rings. The van der Waals surface area contributed by atoms with Crippen LogP contribution in [-0.4, -0.2) is 57.6 Å². The summed E-state index contributed by atoms with van der Waals surface area (Å²) in [5.74, 6) is -5.51. The van der Waals surface area contributed by atoms with E-state index in [-0.39, 0.29) is 64.5 Å². The zero-order valence-corrected chi connectivity index (χ0v) is 21.5. The SMILES string of the molecule is CCOc1cccc(C2C3=CCC4C(=O)N(CCC(=O)O)C(=O)C4C3CC3=C2C(=O)C=C(Br)C3=O)c1O. The molecule has 9 nitrogen and oxygen atoms in total. The average Bonchev–Trinajstić information content (AvgIpc) is 3.11. The van der Waals surface area contributed by atoms with Gasteiger partial charge < -0.3 is 14.9 Å². The quantitative estimate of drug-likeness (QED) is 0.303. The Bertz CT molecular complexity index is 1360. The number of aliphatic carboxylic acids is 1. The van der Waals surface area contributed by atoms with Crippen molar-refractivity contribution < 1.29 is 38.9 Å². The van der Waals surface area contributed by atoms with E-state index < -0.39 is 41.5 Å². The van der Waals surface area contributed by atoms with Gasteiger partial charge in [-0.15, -0.1) is 0 Å². The third-order valence-electron chi connectivity index (χ3n) is 7.61. The lowest BCUT2D eigenvalue weighted by Gasteiger charge is -2.42. The molecule has 3 aliphatic carbocycles. The lowest BCUT2D eigenvalue weighted by molar-refractivity contribution is -0.142. The molecule has 0 aromatic heterocycles. The second-order valence-electron chi connectivity index (χ2n) is 9.49. The van der Waals surface area contributed by atoms with Crippen LogP contribution in [0, 0.1) is 17.8 Å². The first kappa shape index (κ1) is 25.1. The first-order valence-electron chi connectivity index (χ1n) is 12.1. The van der Waals surface area contributed by atoms with Crippen LogP contribution in [-0.2, 0) is 24.0 Å². The van der Waals surface area contributed by atoms with Gasteiger partial charge in [0, 0.05) is 35.2 Å². The Balaban J connectivity index is 1.64. The molecule has 0 radical (unpaired) electrons. The molecule has 1 heterocycles. The van der Waals surface area contributed by atoms with Gasteiger partial charge in [0.15, 0.2) is 23.1 Å². The number of carbonyl (C=O) groups excluding carboxylic acids is 4. The molecule has 0 spiro atoms. The fraction of sp³-hybridized carbons (Fsp3) is 0.370. The number of halogens is 1. The maximum absolute atomic E-state index is 13.5. The number of phenolic OH excluding ortho intramolecular Hbond substituents is 1. The van der Waals surface area contributed by atoms with Crippen LogP contribution in [0.25, 0.3) is 0 Å². The standard InChI is InChI=1S/C27H24BrNO8/c1-2-37-19-5-3-4-13(25(19)34)21-12-6-7-14-22(27(36)29(26(14)35)9-8-20(31)32)15(12)10-16-23(21)18(30)11-17(28)24(16)33/h3-6,11,14-15,21-22,34H,2,7-10H2,1H3,(H,31,32). The summed E-state index contributed by atoms with van der Waals surface area (Å²) in [5.41, 5.74) is 1.56. The van der Waals surface area contributed by atoms with Gasteiger partial charge in [-0.25, -0.2) is 0 Å². The third kappa shape index (κ3) is 3.94. The van der Waals surface area contributed by atoms with Crippen LogP contribution in [0.2, 0.25) is 0 Å². The second-order valence-corrected chi connectivity index (χ2v) is 10.3. The van der Waals surface area contributed by atoms with Crippen LogP contribution in [0.3, 0.4) is 0 Å². The summed E-state index contributed by atoms with van der Waals surface area (Å²) in [4.78, 5) is 65.2. The summed E-state index contributed by atoms with van der Waals surface area (Å²) < 4.78 is 5.67. The molecule has 2 amide bonds. The van der Waals surface area contributed by atoms with Gasteiger partial charge in [0.1, 0.15) is 0 Å². The third-order valence-corrected chi connectivity index (χ3v) is 8.20. The number of fused-ring (bicyclic) bond motifs is 3. The highest BCUT2D eigenvalue weighted by atomic mass is 79.9. The van der Waals surface area contributed by atoms with Gasteiger partial charge in [-0.05, 0) is 47.7 Å². The van der Waals surface area contributed by atoms with E-state index in [4.69, 9.17) is 9.84 Å². The van der Waals surface area contributed by atoms with E-state index >= 15 is 0 Å². The maximum Gasteiger partial charge on any atom is 0.305 e. The van der Waals surface area contributed by atoms with Gasteiger partial charge >= 0.3 is 5.97 Å². The van der Waals surface area contributed by atoms with E-state index in [1.165, 1.54) is 6.08 Å². The Morgan fingerprint density at radius 3 is 2.62 bits per heavy atom. The van der Waals surface area contributed by atoms with Crippen molar-refractivity contribution in [1.29, 1.82) is 0 Å². The van der Waals surface area contributed by atoms with E-state index in [0.29, 0.717) is 17.7 Å². The number of imide groups is 1. The number of ketones is 2. The molecule has 1 aliphatic heterocycles. The molecule has 4 aliphatic rings. The summed E-state index contributed by atoms with van der Waals surface area (Å²) in [5, 5.41) is 20.2. The lowest BCUT2D eigenvalue weighted by Crippen LogP contribution is -2.39. The van der Waals surface area contributed by atoms with Crippen molar-refractivity contribution in [1.82, 2.24) is 4.90 Å². The summed E-state index contributed by atoms with van der Waals surface area (Å²) in [6, 6.07) is 4.95. The van der Waals surface area contributed by atoms with E-state index in [0.717, 1.165) is 4.90 Å². The molecule has 37 heavy (non-hydrogen) atoms. The van der Waals surface area contributed by atoms with Gasteiger partial charge in [-0.1, -0.05) is 23.8 Å². The number of phenols is 1. The smallest absolute Gasteiger partial charge is 0.305 e. The number of rotatable bonds is 6. The number of amides is 2. The van der Waals surface area contributed by atoms with Gasteiger partial charge in [0.25, 0.3) is 0 Å². The summed E-state index contributed by atoms with van der Waals surface area (Å²) in [6.07, 6.45) is 3.02. The minimum absolute atomic E-state index is 0.0874. The zero-order valence-electron chi connectivity index (χ0n) is 19.9. The molecule has 2 N–H and O–H groups in total. The highest BCUT2D eigenvalue weighted by Crippen LogP contribution is 2.56. The molecule has 10 heteroatoms. The fourth-order valence-corrected chi connectivity index (χ4v) is 6.55. The Kier molecular flexibility index (Phi) is 6.39. The van der Waals surface area contributed by atoms with E-state index in [1.807, 2.05) is 6.08 Å². The van der Waals surface area contributed by atoms with E-state index in [9.17, 15) is 29.1 Å². The number of ether oxygens (including phenoxy) is 1. The molecular formula is C27H24BrNO8. The molecule has 0 saturated carbocycles. The average molecular weight is 570 g/mol. The van der Waals surface area contributed by atoms with Crippen molar-refractivity contribution in [3.8, 4) is 11.5 Å². The van der Waals surface area contributed by atoms with Gasteiger partial charge in [-0.2, -0.15) is 0 Å². The predicted octanol–water partition coefficient (Wildman–Crippen LogP) is 3.03. The number of carbonyl (C=O) groups is 5. The Morgan fingerprint density at radius 1 is 1.16 bits per heavy atom. The van der Waals surface area contributed by atoms with Crippen LogP contribution < -0.4 is 4.74 Å². The van der Waals surface area contributed by atoms with Crippen molar-refractivity contribution in [2.24, 2.45) is 17.8 Å². The Hall–Kier alpha value is -3.53. The molecular weight excluding hydrogens is 546 g/mol. The minimum atomic E-state index is -1.12. The molecule has 1 aromatic carbocycles. The number of hydrogen-bond donors (Lipinski definition) is 2. The number of likely N-dealkylation sites (tertiary alicyclic amines) is 1. The molecule has 1 saturated heterocycles. The molecule has 5 rings (SSSR count). The van der Waals surface area contributed by atoms with Crippen molar-refractivity contribution in [3.05, 3.63) is 57.1 Å². The number of carboxylic acid groups (broad SMARTS) is 1. The van der Waals surface area contributed by atoms with Crippen molar-refractivity contribution >= 4 is 45.3 Å². The molecule has 0 bridgehead atoms. The molecule has 4 unspecified atom stereocenters. The van der Waals surface area contributed by atoms with Gasteiger partial charge in [0.05, 0.1) is 29.3 Å². The number of hydrogen-bond acceptors (Lipinski definition) is 7. The fourth-order valence-electron chi connectivity index (χ4n) is 6.10. The zero-order chi connectivity index (χ0) is 26.6. The van der Waals surface area contributed by atoms with E-state index in [2.05, 4.69) is 15.9 Å². The van der Waals surface area contributed by atoms with Crippen LogP contribution in [0.1, 0.15) is 37.7 Å². The number of benzene rings is 1. The largest absolute Gasteiger partial charge is 0.504 e. The summed E-state index contributed by atoms with van der Waals surface area (Å²) in [7, 11) is 0. The first-order chi connectivity index (χ1) is 17.6. The minimum Gasteiger partial charge on any atom is -0.504 e. The van der Waals surface area contributed by atoms with Crippen LogP contribution >= 0.6 is 15.9 Å². The van der Waals surface area contributed by atoms with E-state index in [1.54, 1.807) is 25.1 Å². The monoisotopic (exact) mass is 569 g/mol. The van der Waals surface area contributed by atoms with Crippen molar-refractivity contribution in [2.75, 3.05) is 13.2 Å². The topological polar surface area (TPSA) is 138 Å². The van der Waals surface area contributed by atoms with Crippen LogP contribution in [0.5, 0.6) is 11.5 Å². The number of Topliss-reactive ketones (excluding diaryl/α,β-unsaturated/α-hetero) is 1. The van der Waals surface area contributed by atoms with Crippen molar-refractivity contribution in [3.63, 3.8) is 0 Å². The maximum atomic E-state index is 13.5. The van der Waals surface area contributed by atoms with Crippen LogP contribution in [0.4, 0.5) is 0 Å². The number of para-hydroxylation sites is 1. The molecule has 4 atom stereocenters. The summed E-state index contributed by atoms with van der Waals surface area (Å²) >= 11 is 3.18. The lowest BCUT2D eigenvalue weighted by atomic mass is 9.59. The summed E-state index contributed by atoms with van der Waals surface area (Å²) in [6.45, 7) is 1.86. The Morgan fingerprint density at radius 2 is 1.92 bits per heavy atom. The number of carboxylic acids is 1. The Labute approximate surface area is 220 Å². The number of aromatic hydroxyl groups is 1. The molecule has 192 valence electrons. The van der Waals surface area contributed by atoms with Gasteiger partial charge in [0.2, 0.25) is 11.8 Å². The highest BCUT2D eigenvalue weighted by Gasteiger charge is 2.56. The van der Waals surface area contributed by atoms with Crippen molar-refractivity contribution in [2.45, 2.75) is 32.1 Å². The number of nitrogens with zero attached hydrogens (tertiary/aromatic N) is 1. The normalized spacial score (nSPS) is 26.9. The highest BCUT2D eigenvalue weighted by molar-refractivity contribution is 9.12. The van der Waals surface area contributed by atoms with Crippen LogP contribution in [0.15, 0.2) is 51.6 Å².